The lowest BCUT2D eigenvalue weighted by Crippen LogP contribution is -2.23. The molecule has 4 aromatic rings. The molecule has 0 atom stereocenters. The van der Waals surface area contributed by atoms with Crippen molar-refractivity contribution in [3.05, 3.63) is 88.9 Å². The van der Waals surface area contributed by atoms with Crippen LogP contribution in [0.5, 0.6) is 11.5 Å². The Morgan fingerprint density at radius 3 is 2.70 bits per heavy atom. The van der Waals surface area contributed by atoms with Gasteiger partial charge in [-0.1, -0.05) is 42.5 Å². The zero-order valence-corrected chi connectivity index (χ0v) is 17.2. The van der Waals surface area contributed by atoms with Crippen molar-refractivity contribution in [3.8, 4) is 22.1 Å². The fourth-order valence-corrected chi connectivity index (χ4v) is 3.87. The number of aromatic hydroxyl groups is 1. The zero-order valence-electron chi connectivity index (χ0n) is 16.4. The van der Waals surface area contributed by atoms with Crippen molar-refractivity contribution in [1.29, 1.82) is 0 Å². The number of phenols is 1. The van der Waals surface area contributed by atoms with E-state index in [-0.39, 0.29) is 11.7 Å². The summed E-state index contributed by atoms with van der Waals surface area (Å²) in [6.07, 6.45) is 1.79. The van der Waals surface area contributed by atoms with E-state index in [4.69, 9.17) is 4.74 Å². The molecule has 0 spiro atoms. The molecule has 2 heterocycles. The van der Waals surface area contributed by atoms with Gasteiger partial charge in [0.15, 0.2) is 11.5 Å². The number of rotatable bonds is 7. The first-order valence-electron chi connectivity index (χ1n) is 9.43. The average molecular weight is 420 g/mol. The van der Waals surface area contributed by atoms with Gasteiger partial charge in [-0.15, -0.1) is 11.3 Å². The molecular formula is C23H21N3O3S. The van der Waals surface area contributed by atoms with Gasteiger partial charge in [0.05, 0.1) is 24.1 Å². The Balaban J connectivity index is 1.56. The largest absolute Gasteiger partial charge is 0.504 e. The second-order valence-corrected chi connectivity index (χ2v) is 7.69. The van der Waals surface area contributed by atoms with Crippen LogP contribution in [0.15, 0.2) is 72.2 Å². The van der Waals surface area contributed by atoms with Gasteiger partial charge in [0.2, 0.25) is 0 Å². The van der Waals surface area contributed by atoms with Gasteiger partial charge in [0.25, 0.3) is 5.91 Å². The maximum absolute atomic E-state index is 13.0. The van der Waals surface area contributed by atoms with Gasteiger partial charge >= 0.3 is 0 Å². The summed E-state index contributed by atoms with van der Waals surface area (Å²) < 4.78 is 6.92. The number of benzene rings is 2. The zero-order chi connectivity index (χ0) is 20.9. The number of carbonyl (C=O) groups excluding carboxylic acids is 1. The highest BCUT2D eigenvalue weighted by atomic mass is 32.1. The van der Waals surface area contributed by atoms with Gasteiger partial charge in [0, 0.05) is 12.7 Å². The van der Waals surface area contributed by atoms with Crippen LogP contribution >= 0.6 is 11.3 Å². The number of hydrogen-bond donors (Lipinski definition) is 2. The van der Waals surface area contributed by atoms with Gasteiger partial charge in [0.1, 0.15) is 5.69 Å². The van der Waals surface area contributed by atoms with Crippen LogP contribution in [0.1, 0.15) is 21.5 Å². The summed E-state index contributed by atoms with van der Waals surface area (Å²) >= 11 is 1.55. The van der Waals surface area contributed by atoms with Crippen LogP contribution in [0.2, 0.25) is 0 Å². The first-order valence-corrected chi connectivity index (χ1v) is 10.3. The number of ether oxygens (including phenoxy) is 1. The van der Waals surface area contributed by atoms with Crippen LogP contribution in [0.25, 0.3) is 10.6 Å². The Labute approximate surface area is 178 Å². The van der Waals surface area contributed by atoms with E-state index >= 15 is 0 Å². The summed E-state index contributed by atoms with van der Waals surface area (Å²) in [5.74, 6) is 0.233. The minimum absolute atomic E-state index is 0.0646. The molecule has 2 N–H and O–H groups in total. The Morgan fingerprint density at radius 2 is 1.97 bits per heavy atom. The number of aromatic nitrogens is 2. The predicted octanol–water partition coefficient (Wildman–Crippen LogP) is 4.30. The van der Waals surface area contributed by atoms with Crippen molar-refractivity contribution in [1.82, 2.24) is 15.1 Å². The van der Waals surface area contributed by atoms with E-state index in [2.05, 4.69) is 10.4 Å². The molecule has 0 aliphatic rings. The molecule has 0 unspecified atom stereocenters. The summed E-state index contributed by atoms with van der Waals surface area (Å²) in [7, 11) is 1.49. The van der Waals surface area contributed by atoms with Crippen molar-refractivity contribution >= 4 is 17.2 Å². The van der Waals surface area contributed by atoms with Gasteiger partial charge in [-0.2, -0.15) is 5.10 Å². The molecule has 0 radical (unpaired) electrons. The normalized spacial score (nSPS) is 10.7. The van der Waals surface area contributed by atoms with Crippen LogP contribution < -0.4 is 10.1 Å². The number of nitrogens with one attached hydrogen (secondary N) is 1. The molecule has 0 aliphatic heterocycles. The Bertz CT molecular complexity index is 1140. The molecule has 0 fully saturated rings. The summed E-state index contributed by atoms with van der Waals surface area (Å²) in [6.45, 7) is 0.894. The molecule has 0 aliphatic carbocycles. The number of thiophene rings is 1. The van der Waals surface area contributed by atoms with Crippen LogP contribution in [0.4, 0.5) is 0 Å². The van der Waals surface area contributed by atoms with Crippen molar-refractivity contribution in [2.45, 2.75) is 13.1 Å². The van der Waals surface area contributed by atoms with Crippen molar-refractivity contribution in [3.63, 3.8) is 0 Å². The predicted molar refractivity (Wildman–Crippen MR) is 117 cm³/mol. The first kappa shape index (κ1) is 19.7. The Kier molecular flexibility index (Phi) is 5.81. The summed E-state index contributed by atoms with van der Waals surface area (Å²) in [6, 6.07) is 18.9. The van der Waals surface area contributed by atoms with Gasteiger partial charge in [-0.05, 0) is 34.7 Å². The van der Waals surface area contributed by atoms with E-state index in [0.717, 1.165) is 16.0 Å². The molecule has 2 aromatic heterocycles. The van der Waals surface area contributed by atoms with Crippen molar-refractivity contribution in [2.24, 2.45) is 0 Å². The van der Waals surface area contributed by atoms with Crippen LogP contribution in [0.3, 0.4) is 0 Å². The highest BCUT2D eigenvalue weighted by Gasteiger charge is 2.19. The molecule has 6 nitrogen and oxygen atoms in total. The summed E-state index contributed by atoms with van der Waals surface area (Å²) in [5, 5.41) is 19.3. The maximum atomic E-state index is 13.0. The number of phenolic OH excluding ortho intramolecular Hbond substituents is 1. The molecule has 0 saturated carbocycles. The van der Waals surface area contributed by atoms with Crippen molar-refractivity contribution < 1.29 is 14.6 Å². The smallest absolute Gasteiger partial charge is 0.255 e. The average Bonchev–Trinajstić information content (AvgIpc) is 3.43. The van der Waals surface area contributed by atoms with Gasteiger partial charge < -0.3 is 15.2 Å². The van der Waals surface area contributed by atoms with Crippen LogP contribution in [-0.2, 0) is 13.1 Å². The lowest BCUT2D eigenvalue weighted by molar-refractivity contribution is 0.0951. The number of carbonyl (C=O) groups is 1. The van der Waals surface area contributed by atoms with Gasteiger partial charge in [-0.25, -0.2) is 0 Å². The van der Waals surface area contributed by atoms with Crippen LogP contribution in [0, 0.1) is 0 Å². The monoisotopic (exact) mass is 419 g/mol. The Hall–Kier alpha value is -3.58. The number of nitrogens with zero attached hydrogens (tertiary/aromatic N) is 2. The van der Waals surface area contributed by atoms with E-state index in [0.29, 0.717) is 30.1 Å². The van der Waals surface area contributed by atoms with Gasteiger partial charge in [-0.3, -0.25) is 9.48 Å². The number of amides is 1. The quantitative estimate of drug-likeness (QED) is 0.468. The van der Waals surface area contributed by atoms with E-state index < -0.39 is 0 Å². The third-order valence-electron chi connectivity index (χ3n) is 4.65. The standard InChI is InChI=1S/C23H21N3O3S/c1-29-20-12-17(9-10-19(20)27)13-24-23(28)18-15-26(14-16-6-3-2-4-7-16)25-22(18)21-8-5-11-30-21/h2-12,15,27H,13-14H2,1H3,(H,24,28). The summed E-state index contributed by atoms with van der Waals surface area (Å²) in [4.78, 5) is 13.9. The second-order valence-electron chi connectivity index (χ2n) is 6.74. The lowest BCUT2D eigenvalue weighted by Gasteiger charge is -2.08. The fourth-order valence-electron chi connectivity index (χ4n) is 3.14. The topological polar surface area (TPSA) is 76.4 Å². The molecule has 2 aromatic carbocycles. The molecule has 4 rings (SSSR count). The van der Waals surface area contributed by atoms with E-state index in [1.54, 1.807) is 40.4 Å². The lowest BCUT2D eigenvalue weighted by atomic mass is 10.1. The highest BCUT2D eigenvalue weighted by molar-refractivity contribution is 7.13. The molecular weight excluding hydrogens is 398 g/mol. The SMILES string of the molecule is COc1cc(CNC(=O)c2cn(Cc3ccccc3)nc2-c2cccs2)ccc1O. The Morgan fingerprint density at radius 1 is 1.13 bits per heavy atom. The minimum atomic E-state index is -0.204. The second kappa shape index (κ2) is 8.84. The van der Waals surface area contributed by atoms with Crippen molar-refractivity contribution in [2.75, 3.05) is 7.11 Å². The molecule has 0 bridgehead atoms. The first-order chi connectivity index (χ1) is 14.6. The minimum Gasteiger partial charge on any atom is -0.504 e. The van der Waals surface area contributed by atoms with Crippen LogP contribution in [-0.4, -0.2) is 27.9 Å². The molecule has 1 amide bonds. The fraction of sp³-hybridized carbons (Fsp3) is 0.130. The molecule has 0 saturated heterocycles. The number of hydrogen-bond acceptors (Lipinski definition) is 5. The highest BCUT2D eigenvalue weighted by Crippen LogP contribution is 2.28. The third kappa shape index (κ3) is 4.36. The van der Waals surface area contributed by atoms with E-state index in [9.17, 15) is 9.90 Å². The molecule has 7 heteroatoms. The third-order valence-corrected chi connectivity index (χ3v) is 5.52. The van der Waals surface area contributed by atoms with E-state index in [1.165, 1.54) is 7.11 Å². The molecule has 30 heavy (non-hydrogen) atoms. The number of methoxy groups -OCH3 is 1. The summed E-state index contributed by atoms with van der Waals surface area (Å²) in [5.41, 5.74) is 3.13. The molecule has 152 valence electrons. The van der Waals surface area contributed by atoms with E-state index in [1.807, 2.05) is 47.8 Å². The maximum Gasteiger partial charge on any atom is 0.255 e.